The van der Waals surface area contributed by atoms with Gasteiger partial charge in [0, 0.05) is 30.1 Å². The summed E-state index contributed by atoms with van der Waals surface area (Å²) in [5.74, 6) is 0.559. The lowest BCUT2D eigenvalue weighted by Crippen LogP contribution is -2.29. The van der Waals surface area contributed by atoms with Gasteiger partial charge in [-0.2, -0.15) is 0 Å². The minimum atomic E-state index is -2.87. The molecule has 6 heteroatoms. The van der Waals surface area contributed by atoms with Gasteiger partial charge in [0.2, 0.25) is 5.91 Å². The highest BCUT2D eigenvalue weighted by atomic mass is 32.2. The molecule has 2 aromatic rings. The minimum Gasteiger partial charge on any atom is -0.361 e. The van der Waals surface area contributed by atoms with E-state index in [-0.39, 0.29) is 23.3 Å². The number of hydrogen-bond donors (Lipinski definition) is 2. The number of aryl methyl sites for hydroxylation is 1. The van der Waals surface area contributed by atoms with Crippen molar-refractivity contribution in [1.29, 1.82) is 0 Å². The number of amides is 1. The summed E-state index contributed by atoms with van der Waals surface area (Å²) in [4.78, 5) is 15.1. The van der Waals surface area contributed by atoms with Gasteiger partial charge in [0.15, 0.2) is 9.84 Å². The first-order valence-electron chi connectivity index (χ1n) is 8.05. The minimum absolute atomic E-state index is 0.00846. The van der Waals surface area contributed by atoms with Crippen LogP contribution in [0.15, 0.2) is 30.5 Å². The number of benzene rings is 1. The van der Waals surface area contributed by atoms with Crippen LogP contribution in [0.25, 0.3) is 10.9 Å². The van der Waals surface area contributed by atoms with Crippen LogP contribution in [0.4, 0.5) is 0 Å². The fourth-order valence-electron chi connectivity index (χ4n) is 3.16. The maximum absolute atomic E-state index is 11.9. The van der Waals surface area contributed by atoms with Gasteiger partial charge >= 0.3 is 0 Å². The van der Waals surface area contributed by atoms with Gasteiger partial charge in [0.1, 0.15) is 0 Å². The number of fused-ring (bicyclic) bond motifs is 1. The second-order valence-electron chi connectivity index (χ2n) is 6.29. The molecule has 2 N–H and O–H groups in total. The molecule has 0 radical (unpaired) electrons. The second-order valence-corrected chi connectivity index (χ2v) is 8.51. The highest BCUT2D eigenvalue weighted by Crippen LogP contribution is 2.20. The molecule has 5 nitrogen and oxygen atoms in total. The Morgan fingerprint density at radius 1 is 1.30 bits per heavy atom. The largest absolute Gasteiger partial charge is 0.361 e. The lowest BCUT2D eigenvalue weighted by Gasteiger charge is -2.09. The quantitative estimate of drug-likeness (QED) is 0.848. The summed E-state index contributed by atoms with van der Waals surface area (Å²) in [7, 11) is -2.87. The average Bonchev–Trinajstić information content (AvgIpc) is 3.09. The van der Waals surface area contributed by atoms with Crippen molar-refractivity contribution in [2.75, 3.05) is 18.1 Å². The molecule has 0 aliphatic carbocycles. The Morgan fingerprint density at radius 3 is 2.91 bits per heavy atom. The molecule has 1 aliphatic rings. The van der Waals surface area contributed by atoms with Crippen LogP contribution in [-0.4, -0.2) is 37.4 Å². The number of rotatable bonds is 6. The third-order valence-electron chi connectivity index (χ3n) is 4.44. The summed E-state index contributed by atoms with van der Waals surface area (Å²) >= 11 is 0. The van der Waals surface area contributed by atoms with Crippen molar-refractivity contribution in [3.05, 3.63) is 36.0 Å². The summed E-state index contributed by atoms with van der Waals surface area (Å²) in [5, 5.41) is 4.08. The van der Waals surface area contributed by atoms with Gasteiger partial charge in [0.25, 0.3) is 0 Å². The first kappa shape index (κ1) is 16.1. The first-order chi connectivity index (χ1) is 11.0. The molecule has 0 unspecified atom stereocenters. The molecule has 1 atom stereocenters. The molecular formula is C17H22N2O3S. The third kappa shape index (κ3) is 4.13. The van der Waals surface area contributed by atoms with Crippen LogP contribution < -0.4 is 5.32 Å². The zero-order valence-corrected chi connectivity index (χ0v) is 13.9. The van der Waals surface area contributed by atoms with Crippen molar-refractivity contribution in [2.45, 2.75) is 25.7 Å². The third-order valence-corrected chi connectivity index (χ3v) is 6.28. The number of hydrogen-bond acceptors (Lipinski definition) is 3. The molecule has 124 valence electrons. The topological polar surface area (TPSA) is 79.0 Å². The van der Waals surface area contributed by atoms with Crippen LogP contribution in [-0.2, 0) is 21.1 Å². The lowest BCUT2D eigenvalue weighted by molar-refractivity contribution is -0.121. The van der Waals surface area contributed by atoms with E-state index < -0.39 is 9.84 Å². The van der Waals surface area contributed by atoms with E-state index in [0.717, 1.165) is 18.4 Å². The predicted molar refractivity (Wildman–Crippen MR) is 91.0 cm³/mol. The van der Waals surface area contributed by atoms with E-state index in [1.165, 1.54) is 10.9 Å². The number of carbonyl (C=O) groups excluding carboxylic acids is 1. The van der Waals surface area contributed by atoms with Gasteiger partial charge in [-0.1, -0.05) is 18.2 Å². The van der Waals surface area contributed by atoms with E-state index in [2.05, 4.69) is 16.4 Å². The molecule has 1 aliphatic heterocycles. The Kier molecular flexibility index (Phi) is 4.71. The number of aromatic nitrogens is 1. The number of sulfone groups is 1. The standard InChI is InChI=1S/C17H22N2O3S/c20-17(19-10-13-8-9-23(21,22)12-13)7-3-4-14-11-18-16-6-2-1-5-15(14)16/h1-2,5-6,11,13,18H,3-4,7-10,12H2,(H,19,20)/t13-/m1/s1. The summed E-state index contributed by atoms with van der Waals surface area (Å²) < 4.78 is 22.8. The van der Waals surface area contributed by atoms with Crippen LogP contribution in [0, 0.1) is 5.92 Å². The highest BCUT2D eigenvalue weighted by Gasteiger charge is 2.27. The van der Waals surface area contributed by atoms with Gasteiger partial charge in [-0.25, -0.2) is 8.42 Å². The number of para-hydroxylation sites is 1. The van der Waals surface area contributed by atoms with Crippen molar-refractivity contribution in [2.24, 2.45) is 5.92 Å². The fraction of sp³-hybridized carbons (Fsp3) is 0.471. The molecule has 0 spiro atoms. The fourth-order valence-corrected chi connectivity index (χ4v) is 5.02. The molecular weight excluding hydrogens is 312 g/mol. The highest BCUT2D eigenvalue weighted by molar-refractivity contribution is 7.91. The van der Waals surface area contributed by atoms with E-state index in [9.17, 15) is 13.2 Å². The van der Waals surface area contributed by atoms with Crippen LogP contribution in [0.3, 0.4) is 0 Å². The maximum Gasteiger partial charge on any atom is 0.220 e. The number of carbonyl (C=O) groups is 1. The number of aromatic amines is 1. The first-order valence-corrected chi connectivity index (χ1v) is 9.88. The van der Waals surface area contributed by atoms with E-state index in [1.807, 2.05) is 24.4 Å². The SMILES string of the molecule is O=C(CCCc1c[nH]c2ccccc12)NC[C@H]1CCS(=O)(=O)C1. The maximum atomic E-state index is 11.9. The van der Waals surface area contributed by atoms with Gasteiger partial charge < -0.3 is 10.3 Å². The molecule has 2 heterocycles. The van der Waals surface area contributed by atoms with E-state index in [4.69, 9.17) is 0 Å². The van der Waals surface area contributed by atoms with Crippen molar-refractivity contribution in [1.82, 2.24) is 10.3 Å². The van der Waals surface area contributed by atoms with Gasteiger partial charge in [-0.3, -0.25) is 4.79 Å². The van der Waals surface area contributed by atoms with Crippen molar-refractivity contribution < 1.29 is 13.2 Å². The van der Waals surface area contributed by atoms with Gasteiger partial charge in [0.05, 0.1) is 11.5 Å². The van der Waals surface area contributed by atoms with E-state index in [1.54, 1.807) is 0 Å². The van der Waals surface area contributed by atoms with Gasteiger partial charge in [-0.05, 0) is 36.8 Å². The zero-order valence-electron chi connectivity index (χ0n) is 13.0. The summed E-state index contributed by atoms with van der Waals surface area (Å²) in [5.41, 5.74) is 2.35. The molecule has 0 saturated carbocycles. The molecule has 23 heavy (non-hydrogen) atoms. The predicted octanol–water partition coefficient (Wildman–Crippen LogP) is 2.04. The monoisotopic (exact) mass is 334 g/mol. The molecule has 1 aromatic carbocycles. The Balaban J connectivity index is 1.41. The van der Waals surface area contributed by atoms with Crippen molar-refractivity contribution in [3.8, 4) is 0 Å². The Bertz CT molecular complexity index is 795. The molecule has 1 aromatic heterocycles. The lowest BCUT2D eigenvalue weighted by atomic mass is 10.1. The van der Waals surface area contributed by atoms with Crippen LogP contribution >= 0.6 is 0 Å². The smallest absolute Gasteiger partial charge is 0.220 e. The van der Waals surface area contributed by atoms with E-state index >= 15 is 0 Å². The molecule has 0 bridgehead atoms. The molecule has 1 saturated heterocycles. The van der Waals surface area contributed by atoms with E-state index in [0.29, 0.717) is 19.4 Å². The van der Waals surface area contributed by atoms with Crippen LogP contribution in [0.5, 0.6) is 0 Å². The van der Waals surface area contributed by atoms with Crippen LogP contribution in [0.1, 0.15) is 24.8 Å². The summed E-state index contributed by atoms with van der Waals surface area (Å²) in [6, 6.07) is 8.14. The van der Waals surface area contributed by atoms with Gasteiger partial charge in [-0.15, -0.1) is 0 Å². The molecule has 3 rings (SSSR count). The normalized spacial score (nSPS) is 19.9. The van der Waals surface area contributed by atoms with Crippen LogP contribution in [0.2, 0.25) is 0 Å². The second kappa shape index (κ2) is 6.74. The summed E-state index contributed by atoms with van der Waals surface area (Å²) in [6.45, 7) is 0.477. The molecule has 1 amide bonds. The Hall–Kier alpha value is -1.82. The molecule has 1 fully saturated rings. The number of H-pyrrole nitrogens is 1. The number of nitrogens with one attached hydrogen (secondary N) is 2. The van der Waals surface area contributed by atoms with Crippen molar-refractivity contribution in [3.63, 3.8) is 0 Å². The summed E-state index contributed by atoms with van der Waals surface area (Å²) in [6.07, 6.45) is 4.79. The average molecular weight is 334 g/mol. The Labute approximate surface area is 136 Å². The zero-order chi connectivity index (χ0) is 16.3. The van der Waals surface area contributed by atoms with Crippen molar-refractivity contribution >= 4 is 26.6 Å². The Morgan fingerprint density at radius 2 is 2.13 bits per heavy atom.